The summed E-state index contributed by atoms with van der Waals surface area (Å²) in [5.74, 6) is -2.79. The molecular formula is C31H39F3N4O6. The SMILES string of the molecule is C=CCC[C@@](OCc1ccccc1)(C(=O)NNC(=O)c1nc(O[C@H](C)CC=C)c(C)cc1NC(=O)OC(C)(C)C)C(F)(F)F. The van der Waals surface area contributed by atoms with E-state index in [9.17, 15) is 27.6 Å². The van der Waals surface area contributed by atoms with Crippen LogP contribution in [0.1, 0.15) is 68.6 Å². The Morgan fingerprint density at radius 2 is 1.70 bits per heavy atom. The lowest BCUT2D eigenvalue weighted by atomic mass is 9.95. The Bertz CT molecular complexity index is 1330. The second kappa shape index (κ2) is 15.4. The zero-order valence-electron chi connectivity index (χ0n) is 25.5. The van der Waals surface area contributed by atoms with E-state index in [0.717, 1.165) is 0 Å². The van der Waals surface area contributed by atoms with Gasteiger partial charge in [-0.25, -0.2) is 9.78 Å². The molecule has 0 aliphatic carbocycles. The lowest BCUT2D eigenvalue weighted by Crippen LogP contribution is -2.61. The summed E-state index contributed by atoms with van der Waals surface area (Å²) >= 11 is 0. The Balaban J connectivity index is 2.42. The number of aryl methyl sites for hydroxylation is 1. The Morgan fingerprint density at radius 3 is 2.27 bits per heavy atom. The lowest BCUT2D eigenvalue weighted by molar-refractivity contribution is -0.273. The summed E-state index contributed by atoms with van der Waals surface area (Å²) in [4.78, 5) is 43.2. The predicted molar refractivity (Wildman–Crippen MR) is 159 cm³/mol. The Labute approximate surface area is 255 Å². The molecule has 0 bridgehead atoms. The molecule has 0 saturated carbocycles. The molecule has 2 rings (SSSR count). The van der Waals surface area contributed by atoms with Gasteiger partial charge in [-0.1, -0.05) is 42.5 Å². The summed E-state index contributed by atoms with van der Waals surface area (Å²) in [6.07, 6.45) is -4.21. The maximum atomic E-state index is 14.5. The van der Waals surface area contributed by atoms with Crippen LogP contribution in [0, 0.1) is 6.92 Å². The second-order valence-electron chi connectivity index (χ2n) is 10.9. The molecule has 13 heteroatoms. The summed E-state index contributed by atoms with van der Waals surface area (Å²) in [5.41, 5.74) is -0.181. The Morgan fingerprint density at radius 1 is 1.05 bits per heavy atom. The van der Waals surface area contributed by atoms with Crippen molar-refractivity contribution < 1.29 is 41.8 Å². The monoisotopic (exact) mass is 620 g/mol. The highest BCUT2D eigenvalue weighted by molar-refractivity contribution is 6.02. The van der Waals surface area contributed by atoms with Crippen molar-refractivity contribution >= 4 is 23.6 Å². The van der Waals surface area contributed by atoms with Crippen molar-refractivity contribution in [1.29, 1.82) is 0 Å². The molecule has 0 unspecified atom stereocenters. The largest absolute Gasteiger partial charge is 0.474 e. The molecule has 3 N–H and O–H groups in total. The first kappa shape index (κ1) is 35.8. The number of nitrogens with one attached hydrogen (secondary N) is 3. The van der Waals surface area contributed by atoms with E-state index in [1.54, 1.807) is 71.0 Å². The van der Waals surface area contributed by atoms with Gasteiger partial charge < -0.3 is 14.2 Å². The van der Waals surface area contributed by atoms with E-state index in [-0.39, 0.29) is 18.0 Å². The zero-order chi connectivity index (χ0) is 33.1. The number of pyridine rings is 1. The molecule has 0 fully saturated rings. The number of nitrogens with zero attached hydrogens (tertiary/aromatic N) is 1. The standard InChI is InChI=1S/C31H39F3N4O6/c1-8-10-17-30(31(32,33)34,42-19-22-15-12-11-13-16-22)27(40)38-37-25(39)24-23(35-28(41)44-29(5,6)7)18-20(3)26(36-24)43-21(4)14-9-2/h8-9,11-13,15-16,18,21H,1-2,10,14,17,19H2,3-7H3,(H,35,41)(H,37,39)(H,38,40)/t21-,30-/m1/s1. The van der Waals surface area contributed by atoms with Gasteiger partial charge in [0.1, 0.15) is 11.7 Å². The molecule has 1 aromatic heterocycles. The number of halogens is 3. The van der Waals surface area contributed by atoms with Crippen LogP contribution in [0.4, 0.5) is 23.7 Å². The fourth-order valence-electron chi connectivity index (χ4n) is 3.83. The van der Waals surface area contributed by atoms with Gasteiger partial charge in [0.15, 0.2) is 5.69 Å². The predicted octanol–water partition coefficient (Wildman–Crippen LogP) is 6.33. The average molecular weight is 621 g/mol. The summed E-state index contributed by atoms with van der Waals surface area (Å²) in [6.45, 7) is 14.8. The summed E-state index contributed by atoms with van der Waals surface area (Å²) in [5, 5.41) is 2.42. The molecule has 0 radical (unpaired) electrons. The van der Waals surface area contributed by atoms with E-state index >= 15 is 0 Å². The fraction of sp³-hybridized carbons (Fsp3) is 0.419. The van der Waals surface area contributed by atoms with Gasteiger partial charge in [-0.2, -0.15) is 13.2 Å². The maximum absolute atomic E-state index is 14.5. The van der Waals surface area contributed by atoms with Gasteiger partial charge in [-0.15, -0.1) is 13.2 Å². The van der Waals surface area contributed by atoms with Crippen molar-refractivity contribution in [2.45, 2.75) is 84.0 Å². The fourth-order valence-corrected chi connectivity index (χ4v) is 3.83. The third-order valence-electron chi connectivity index (χ3n) is 5.97. The molecule has 44 heavy (non-hydrogen) atoms. The topological polar surface area (TPSA) is 128 Å². The van der Waals surface area contributed by atoms with E-state index in [1.165, 1.54) is 12.1 Å². The van der Waals surface area contributed by atoms with Crippen molar-refractivity contribution in [2.24, 2.45) is 0 Å². The van der Waals surface area contributed by atoms with Crippen LogP contribution in [0.3, 0.4) is 0 Å². The van der Waals surface area contributed by atoms with Crippen LogP contribution in [0.25, 0.3) is 0 Å². The van der Waals surface area contributed by atoms with E-state index in [0.29, 0.717) is 17.5 Å². The molecule has 2 atom stereocenters. The van der Waals surface area contributed by atoms with Crippen molar-refractivity contribution in [1.82, 2.24) is 15.8 Å². The molecule has 0 aliphatic rings. The first-order valence-electron chi connectivity index (χ1n) is 13.8. The number of carbonyl (C=O) groups excluding carboxylic acids is 3. The van der Waals surface area contributed by atoms with Gasteiger partial charge in [0, 0.05) is 12.0 Å². The van der Waals surface area contributed by atoms with Crippen LogP contribution >= 0.6 is 0 Å². The smallest absolute Gasteiger partial charge is 0.426 e. The number of anilines is 1. The van der Waals surface area contributed by atoms with Crippen LogP contribution in [-0.4, -0.2) is 46.4 Å². The van der Waals surface area contributed by atoms with Gasteiger partial charge in [0.25, 0.3) is 11.8 Å². The van der Waals surface area contributed by atoms with Crippen LogP contribution in [0.2, 0.25) is 0 Å². The van der Waals surface area contributed by atoms with Gasteiger partial charge in [0.2, 0.25) is 11.5 Å². The first-order valence-corrected chi connectivity index (χ1v) is 13.8. The quantitative estimate of drug-likeness (QED) is 0.177. The number of amides is 3. The molecule has 1 heterocycles. The first-order chi connectivity index (χ1) is 20.5. The summed E-state index contributed by atoms with van der Waals surface area (Å²) in [7, 11) is 0. The number of hydrazine groups is 1. The van der Waals surface area contributed by atoms with Crippen molar-refractivity contribution in [3.63, 3.8) is 0 Å². The van der Waals surface area contributed by atoms with Gasteiger partial charge in [-0.05, 0) is 59.1 Å². The number of benzene rings is 1. The van der Waals surface area contributed by atoms with Gasteiger partial charge >= 0.3 is 12.3 Å². The highest BCUT2D eigenvalue weighted by atomic mass is 19.4. The third-order valence-corrected chi connectivity index (χ3v) is 5.97. The van der Waals surface area contributed by atoms with Crippen molar-refractivity contribution in [3.05, 3.63) is 78.5 Å². The van der Waals surface area contributed by atoms with E-state index in [2.05, 4.69) is 23.5 Å². The molecule has 10 nitrogen and oxygen atoms in total. The summed E-state index contributed by atoms with van der Waals surface area (Å²) in [6, 6.07) is 9.40. The zero-order valence-corrected chi connectivity index (χ0v) is 25.5. The number of hydrogen-bond donors (Lipinski definition) is 3. The minimum atomic E-state index is -5.17. The average Bonchev–Trinajstić information content (AvgIpc) is 2.92. The van der Waals surface area contributed by atoms with Gasteiger partial charge in [0.05, 0.1) is 12.3 Å². The molecule has 0 aliphatic heterocycles. The lowest BCUT2D eigenvalue weighted by Gasteiger charge is -2.34. The molecule has 0 saturated heterocycles. The number of rotatable bonds is 13. The summed E-state index contributed by atoms with van der Waals surface area (Å²) < 4.78 is 59.8. The molecule has 3 amide bonds. The number of alkyl halides is 3. The van der Waals surface area contributed by atoms with Crippen LogP contribution in [0.5, 0.6) is 5.88 Å². The van der Waals surface area contributed by atoms with Crippen LogP contribution in [-0.2, 0) is 20.9 Å². The third kappa shape index (κ3) is 10.1. The maximum Gasteiger partial charge on any atom is 0.426 e. The van der Waals surface area contributed by atoms with E-state index in [4.69, 9.17) is 14.2 Å². The molecule has 240 valence electrons. The number of hydrogen-bond acceptors (Lipinski definition) is 7. The minimum absolute atomic E-state index is 0.0207. The van der Waals surface area contributed by atoms with E-state index < -0.39 is 60.1 Å². The highest BCUT2D eigenvalue weighted by Gasteiger charge is 2.61. The number of aromatic nitrogens is 1. The highest BCUT2D eigenvalue weighted by Crippen LogP contribution is 2.39. The van der Waals surface area contributed by atoms with Crippen LogP contribution in [0.15, 0.2) is 61.7 Å². The van der Waals surface area contributed by atoms with E-state index in [1.807, 2.05) is 10.9 Å². The van der Waals surface area contributed by atoms with Gasteiger partial charge in [-0.3, -0.25) is 25.8 Å². The molecule has 0 spiro atoms. The number of ether oxygens (including phenoxy) is 3. The van der Waals surface area contributed by atoms with Crippen molar-refractivity contribution in [2.75, 3.05) is 5.32 Å². The van der Waals surface area contributed by atoms with Crippen molar-refractivity contribution in [3.8, 4) is 5.88 Å². The molecule has 2 aromatic rings. The molecular weight excluding hydrogens is 581 g/mol. The number of allylic oxidation sites excluding steroid dienone is 1. The Hall–Kier alpha value is -4.39. The number of carbonyl (C=O) groups is 3. The minimum Gasteiger partial charge on any atom is -0.474 e. The second-order valence-corrected chi connectivity index (χ2v) is 10.9. The van der Waals surface area contributed by atoms with Crippen LogP contribution < -0.4 is 20.9 Å². The normalized spacial score (nSPS) is 13.5. The molecule has 1 aromatic carbocycles. The Kier molecular flexibility index (Phi) is 12.5.